The van der Waals surface area contributed by atoms with E-state index in [1.165, 1.54) is 6.07 Å². The Morgan fingerprint density at radius 1 is 1.00 bits per heavy atom. The van der Waals surface area contributed by atoms with E-state index in [0.717, 1.165) is 12.1 Å². The SMILES string of the molecule is [O]S(=O)(=O)c1cc(Cl)cc(Cl)c1. The van der Waals surface area contributed by atoms with Crippen molar-refractivity contribution < 1.29 is 13.0 Å². The van der Waals surface area contributed by atoms with Crippen LogP contribution in [0, 0.1) is 0 Å². The van der Waals surface area contributed by atoms with Crippen LogP contribution >= 0.6 is 23.2 Å². The first-order valence-electron chi connectivity index (χ1n) is 2.81. The topological polar surface area (TPSA) is 54.0 Å². The van der Waals surface area contributed by atoms with E-state index in [1.807, 2.05) is 0 Å². The van der Waals surface area contributed by atoms with Crippen molar-refractivity contribution in [1.82, 2.24) is 0 Å². The van der Waals surface area contributed by atoms with Crippen LogP contribution in [0.15, 0.2) is 23.1 Å². The fourth-order valence-electron chi connectivity index (χ4n) is 0.673. The van der Waals surface area contributed by atoms with Crippen molar-refractivity contribution in [3.8, 4) is 0 Å². The van der Waals surface area contributed by atoms with Crippen LogP contribution < -0.4 is 0 Å². The van der Waals surface area contributed by atoms with Crippen LogP contribution in [0.25, 0.3) is 0 Å². The van der Waals surface area contributed by atoms with Gasteiger partial charge in [0.1, 0.15) is 0 Å². The minimum absolute atomic E-state index is 0.122. The minimum Gasteiger partial charge on any atom is -0.192 e. The van der Waals surface area contributed by atoms with Crippen molar-refractivity contribution in [2.45, 2.75) is 4.90 Å². The Bertz CT molecular complexity index is 379. The first kappa shape index (κ1) is 9.80. The minimum atomic E-state index is -4.47. The summed E-state index contributed by atoms with van der Waals surface area (Å²) in [6.45, 7) is 0. The molecule has 0 heterocycles. The van der Waals surface area contributed by atoms with Gasteiger partial charge in [-0.05, 0) is 18.2 Å². The van der Waals surface area contributed by atoms with Crippen LogP contribution in [-0.2, 0) is 14.7 Å². The highest BCUT2D eigenvalue weighted by molar-refractivity contribution is 7.85. The zero-order valence-corrected chi connectivity index (χ0v) is 7.95. The van der Waals surface area contributed by atoms with E-state index in [-0.39, 0.29) is 10.0 Å². The van der Waals surface area contributed by atoms with Gasteiger partial charge in [0, 0.05) is 10.0 Å². The lowest BCUT2D eigenvalue weighted by Gasteiger charge is -1.96. The van der Waals surface area contributed by atoms with Gasteiger partial charge >= 0.3 is 10.1 Å². The molecule has 0 unspecified atom stereocenters. The number of benzene rings is 1. The maximum Gasteiger partial charge on any atom is 0.324 e. The average molecular weight is 226 g/mol. The maximum atomic E-state index is 10.5. The highest BCUT2D eigenvalue weighted by Crippen LogP contribution is 2.21. The molecule has 0 fully saturated rings. The zero-order valence-electron chi connectivity index (χ0n) is 5.62. The van der Waals surface area contributed by atoms with Crippen molar-refractivity contribution in [2.75, 3.05) is 0 Å². The summed E-state index contributed by atoms with van der Waals surface area (Å²) >= 11 is 10.9. The van der Waals surface area contributed by atoms with Crippen molar-refractivity contribution in [2.24, 2.45) is 0 Å². The van der Waals surface area contributed by atoms with Crippen molar-refractivity contribution >= 4 is 33.3 Å². The smallest absolute Gasteiger partial charge is 0.192 e. The summed E-state index contributed by atoms with van der Waals surface area (Å²) in [5.74, 6) is 0. The van der Waals surface area contributed by atoms with Gasteiger partial charge in [0.2, 0.25) is 0 Å². The van der Waals surface area contributed by atoms with Gasteiger partial charge in [-0.15, -0.1) is 0 Å². The van der Waals surface area contributed by atoms with Gasteiger partial charge in [-0.3, -0.25) is 0 Å². The van der Waals surface area contributed by atoms with E-state index in [2.05, 4.69) is 0 Å². The molecule has 0 aromatic heterocycles. The summed E-state index contributed by atoms with van der Waals surface area (Å²) in [6, 6.07) is 3.45. The third kappa shape index (κ3) is 2.35. The molecule has 0 aliphatic heterocycles. The van der Waals surface area contributed by atoms with E-state index >= 15 is 0 Å². The standard InChI is InChI=1S/C6H3Cl2O3S/c7-4-1-5(8)3-6(2-4)12(9,10)11/h1-3H. The summed E-state index contributed by atoms with van der Waals surface area (Å²) in [7, 11) is -4.47. The Morgan fingerprint density at radius 3 is 1.75 bits per heavy atom. The van der Waals surface area contributed by atoms with Crippen LogP contribution in [-0.4, -0.2) is 8.42 Å². The quantitative estimate of drug-likeness (QED) is 0.736. The molecule has 65 valence electrons. The molecule has 0 saturated heterocycles. The van der Waals surface area contributed by atoms with E-state index in [9.17, 15) is 13.0 Å². The molecule has 0 N–H and O–H groups in total. The fourth-order valence-corrected chi connectivity index (χ4v) is 1.87. The lowest BCUT2D eigenvalue weighted by Crippen LogP contribution is -1.95. The van der Waals surface area contributed by atoms with E-state index < -0.39 is 15.0 Å². The van der Waals surface area contributed by atoms with Crippen LogP contribution in [0.5, 0.6) is 0 Å². The number of halogens is 2. The second kappa shape index (κ2) is 3.22. The lowest BCUT2D eigenvalue weighted by molar-refractivity contribution is 0.414. The van der Waals surface area contributed by atoms with Gasteiger partial charge in [-0.1, -0.05) is 27.8 Å². The second-order valence-corrected chi connectivity index (χ2v) is 4.31. The number of hydrogen-bond acceptors (Lipinski definition) is 2. The molecule has 1 aromatic rings. The van der Waals surface area contributed by atoms with Crippen LogP contribution in [0.1, 0.15) is 0 Å². The molecule has 1 rings (SSSR count). The first-order valence-corrected chi connectivity index (χ1v) is 4.98. The van der Waals surface area contributed by atoms with Gasteiger partial charge in [-0.2, -0.15) is 8.42 Å². The summed E-state index contributed by atoms with van der Waals surface area (Å²) in [5, 5.41) is 0.244. The van der Waals surface area contributed by atoms with Crippen molar-refractivity contribution in [3.63, 3.8) is 0 Å². The Hall–Kier alpha value is -0.290. The van der Waals surface area contributed by atoms with Crippen LogP contribution in [0.2, 0.25) is 10.0 Å². The monoisotopic (exact) mass is 225 g/mol. The van der Waals surface area contributed by atoms with Gasteiger partial charge in [0.15, 0.2) is 0 Å². The molecule has 3 nitrogen and oxygen atoms in total. The molecule has 1 radical (unpaired) electrons. The van der Waals surface area contributed by atoms with Crippen LogP contribution in [0.4, 0.5) is 0 Å². The van der Waals surface area contributed by atoms with Crippen molar-refractivity contribution in [3.05, 3.63) is 28.2 Å². The molecule has 0 aliphatic carbocycles. The van der Waals surface area contributed by atoms with Crippen molar-refractivity contribution in [1.29, 1.82) is 0 Å². The molecule has 12 heavy (non-hydrogen) atoms. The molecular formula is C6H3Cl2O3S. The third-order valence-electron chi connectivity index (χ3n) is 1.12. The summed E-state index contributed by atoms with van der Waals surface area (Å²) in [5.41, 5.74) is 0. The predicted octanol–water partition coefficient (Wildman–Crippen LogP) is 2.11. The fraction of sp³-hybridized carbons (Fsp3) is 0. The second-order valence-electron chi connectivity index (χ2n) is 2.06. The molecule has 1 aromatic carbocycles. The molecule has 0 amide bonds. The molecule has 0 spiro atoms. The summed E-state index contributed by atoms with van der Waals surface area (Å²) in [6.07, 6.45) is 0. The molecule has 0 atom stereocenters. The molecule has 0 saturated carbocycles. The number of rotatable bonds is 1. The summed E-state index contributed by atoms with van der Waals surface area (Å²) < 4.78 is 31.4. The maximum absolute atomic E-state index is 10.5. The highest BCUT2D eigenvalue weighted by atomic mass is 35.5. The Kier molecular flexibility index (Phi) is 2.63. The molecular weight excluding hydrogens is 223 g/mol. The lowest BCUT2D eigenvalue weighted by atomic mass is 10.4. The Labute approximate surface area is 79.7 Å². The van der Waals surface area contributed by atoms with Gasteiger partial charge < -0.3 is 0 Å². The van der Waals surface area contributed by atoms with Gasteiger partial charge in [-0.25, -0.2) is 0 Å². The average Bonchev–Trinajstić information content (AvgIpc) is 1.82. The van der Waals surface area contributed by atoms with E-state index in [0.29, 0.717) is 0 Å². The van der Waals surface area contributed by atoms with Crippen LogP contribution in [0.3, 0.4) is 0 Å². The molecule has 0 aliphatic rings. The van der Waals surface area contributed by atoms with E-state index in [1.54, 1.807) is 0 Å². The van der Waals surface area contributed by atoms with Gasteiger partial charge in [0.05, 0.1) is 4.90 Å². The highest BCUT2D eigenvalue weighted by Gasteiger charge is 2.12. The normalized spacial score (nSPS) is 11.6. The largest absolute Gasteiger partial charge is 0.324 e. The summed E-state index contributed by atoms with van der Waals surface area (Å²) in [4.78, 5) is -0.417. The third-order valence-corrected chi connectivity index (χ3v) is 2.37. The zero-order chi connectivity index (χ0) is 9.35. The van der Waals surface area contributed by atoms with Gasteiger partial charge in [0.25, 0.3) is 0 Å². The predicted molar refractivity (Wildman–Crippen MR) is 44.3 cm³/mol. The Morgan fingerprint density at radius 2 is 1.42 bits per heavy atom. The van der Waals surface area contributed by atoms with E-state index in [4.69, 9.17) is 23.2 Å². The number of hydrogen-bond donors (Lipinski definition) is 0. The molecule has 0 bridgehead atoms. The Balaban J connectivity index is 3.37. The first-order chi connectivity index (χ1) is 5.39. The molecule has 6 heteroatoms.